The number of anilines is 1. The van der Waals surface area contributed by atoms with E-state index in [0.717, 1.165) is 50.0 Å². The number of hydrazone groups is 1. The summed E-state index contributed by atoms with van der Waals surface area (Å²) in [5.74, 6) is -0.409. The monoisotopic (exact) mass is 469 g/mol. The van der Waals surface area contributed by atoms with Gasteiger partial charge in [0, 0.05) is 37.7 Å². The maximum atomic E-state index is 13.7. The van der Waals surface area contributed by atoms with E-state index in [1.54, 1.807) is 11.8 Å². The third-order valence-corrected chi connectivity index (χ3v) is 6.88. The highest BCUT2D eigenvalue weighted by Crippen LogP contribution is 2.34. The van der Waals surface area contributed by atoms with Crippen molar-refractivity contribution in [3.63, 3.8) is 0 Å². The summed E-state index contributed by atoms with van der Waals surface area (Å²) in [4.78, 5) is 44.7. The van der Waals surface area contributed by atoms with Crippen LogP contribution in [-0.4, -0.2) is 91.4 Å². The number of hydrogen-bond acceptors (Lipinski definition) is 6. The van der Waals surface area contributed by atoms with Gasteiger partial charge >= 0.3 is 12.0 Å². The second kappa shape index (κ2) is 11.0. The van der Waals surface area contributed by atoms with Gasteiger partial charge in [0.25, 0.3) is 0 Å². The van der Waals surface area contributed by atoms with Crippen LogP contribution in [0.1, 0.15) is 44.6 Å². The zero-order valence-electron chi connectivity index (χ0n) is 20.2. The molecule has 0 radical (unpaired) electrons. The Labute approximate surface area is 201 Å². The summed E-state index contributed by atoms with van der Waals surface area (Å²) in [5, 5.41) is 5.94. The second-order valence-corrected chi connectivity index (χ2v) is 9.25. The predicted octanol–water partition coefficient (Wildman–Crippen LogP) is 2.55. The van der Waals surface area contributed by atoms with Crippen molar-refractivity contribution < 1.29 is 19.1 Å². The highest BCUT2D eigenvalue weighted by Gasteiger charge is 2.35. The van der Waals surface area contributed by atoms with Gasteiger partial charge in [0.05, 0.1) is 18.0 Å². The van der Waals surface area contributed by atoms with Crippen LogP contribution in [0.2, 0.25) is 0 Å². The van der Waals surface area contributed by atoms with Crippen LogP contribution in [0.5, 0.6) is 0 Å². The van der Waals surface area contributed by atoms with E-state index < -0.39 is 12.0 Å². The van der Waals surface area contributed by atoms with Crippen molar-refractivity contribution in [2.24, 2.45) is 11.0 Å². The average Bonchev–Trinajstić information content (AvgIpc) is 2.96. The van der Waals surface area contributed by atoms with Crippen molar-refractivity contribution in [1.29, 1.82) is 0 Å². The van der Waals surface area contributed by atoms with Gasteiger partial charge in [-0.1, -0.05) is 37.5 Å². The van der Waals surface area contributed by atoms with E-state index in [4.69, 9.17) is 9.84 Å². The molecule has 9 nitrogen and oxygen atoms in total. The topological polar surface area (TPSA) is 85.8 Å². The Kier molecular flexibility index (Phi) is 7.82. The van der Waals surface area contributed by atoms with Gasteiger partial charge in [-0.15, -0.1) is 0 Å². The van der Waals surface area contributed by atoms with Crippen molar-refractivity contribution in [2.75, 3.05) is 57.8 Å². The molecule has 184 valence electrons. The van der Waals surface area contributed by atoms with Gasteiger partial charge in [0.1, 0.15) is 13.1 Å². The summed E-state index contributed by atoms with van der Waals surface area (Å²) >= 11 is 0. The third-order valence-electron chi connectivity index (χ3n) is 6.88. The largest absolute Gasteiger partial charge is 0.465 e. The summed E-state index contributed by atoms with van der Waals surface area (Å²) in [5.41, 5.74) is 2.36. The predicted molar refractivity (Wildman–Crippen MR) is 130 cm³/mol. The Balaban J connectivity index is 1.67. The first-order chi connectivity index (χ1) is 16.5. The maximum Gasteiger partial charge on any atom is 0.345 e. The summed E-state index contributed by atoms with van der Waals surface area (Å²) in [6.07, 6.45) is 5.42. The number of amides is 3. The van der Waals surface area contributed by atoms with Crippen molar-refractivity contribution in [3.05, 3.63) is 29.8 Å². The van der Waals surface area contributed by atoms with Crippen LogP contribution in [0.15, 0.2) is 29.4 Å². The van der Waals surface area contributed by atoms with Crippen molar-refractivity contribution in [2.45, 2.75) is 39.0 Å². The minimum Gasteiger partial charge on any atom is -0.465 e. The number of carbonyl (C=O) groups is 3. The minimum absolute atomic E-state index is 0.0909. The molecule has 1 saturated heterocycles. The zero-order chi connectivity index (χ0) is 24.1. The van der Waals surface area contributed by atoms with Gasteiger partial charge in [-0.3, -0.25) is 14.5 Å². The smallest absolute Gasteiger partial charge is 0.345 e. The molecule has 0 aromatic heterocycles. The normalized spacial score (nSPS) is 20.0. The molecule has 2 aliphatic heterocycles. The second-order valence-electron chi connectivity index (χ2n) is 9.25. The summed E-state index contributed by atoms with van der Waals surface area (Å²) in [7, 11) is 2.04. The molecule has 2 fully saturated rings. The molecule has 2 heterocycles. The van der Waals surface area contributed by atoms with Gasteiger partial charge in [0.2, 0.25) is 5.91 Å². The number of esters is 1. The minimum atomic E-state index is -0.515. The molecule has 0 spiro atoms. The molecule has 1 aliphatic carbocycles. The van der Waals surface area contributed by atoms with E-state index >= 15 is 0 Å². The van der Waals surface area contributed by atoms with Gasteiger partial charge in [0.15, 0.2) is 0 Å². The van der Waals surface area contributed by atoms with Crippen LogP contribution in [-0.2, 0) is 14.3 Å². The Hall–Kier alpha value is -2.94. The Morgan fingerprint density at radius 2 is 1.74 bits per heavy atom. The number of carbonyl (C=O) groups excluding carboxylic acids is 3. The molecule has 4 rings (SSSR count). The number of piperazine rings is 1. The number of rotatable bonds is 6. The van der Waals surface area contributed by atoms with Crippen LogP contribution < -0.4 is 4.90 Å². The van der Waals surface area contributed by atoms with Crippen LogP contribution in [0.3, 0.4) is 0 Å². The van der Waals surface area contributed by atoms with Crippen molar-refractivity contribution in [3.8, 4) is 0 Å². The number of hydrogen-bond donors (Lipinski definition) is 0. The standard InChI is InChI=1S/C25H35N5O4/c1-3-34-23(32)18-30-25(33)29(17-22(31)28-15-13-27(2)14-16-28)21-12-8-7-11-20(21)24(26-30)19-9-5-4-6-10-19/h7-8,11-12,19H,3-6,9-10,13-18H2,1-2H3. The molecule has 9 heteroatoms. The fraction of sp³-hybridized carbons (Fsp3) is 0.600. The van der Waals surface area contributed by atoms with Gasteiger partial charge in [-0.05, 0) is 32.9 Å². The fourth-order valence-corrected chi connectivity index (χ4v) is 4.95. The molecule has 1 aromatic carbocycles. The number of likely N-dealkylation sites (N-methyl/N-ethyl adjacent to an activating group) is 1. The molecule has 3 aliphatic rings. The highest BCUT2D eigenvalue weighted by atomic mass is 16.5. The lowest BCUT2D eigenvalue weighted by atomic mass is 9.83. The Bertz CT molecular complexity index is 935. The molecule has 0 unspecified atom stereocenters. The van der Waals surface area contributed by atoms with E-state index in [0.29, 0.717) is 18.8 Å². The molecule has 0 atom stereocenters. The fourth-order valence-electron chi connectivity index (χ4n) is 4.95. The lowest BCUT2D eigenvalue weighted by Crippen LogP contribution is -2.52. The van der Waals surface area contributed by atoms with Crippen LogP contribution in [0, 0.1) is 5.92 Å². The number of fused-ring (bicyclic) bond motifs is 1. The van der Waals surface area contributed by atoms with E-state index in [1.165, 1.54) is 16.3 Å². The lowest BCUT2D eigenvalue weighted by molar-refractivity contribution is -0.143. The van der Waals surface area contributed by atoms with Gasteiger partial charge in [-0.25, -0.2) is 9.80 Å². The number of para-hydroxylation sites is 1. The van der Waals surface area contributed by atoms with E-state index in [9.17, 15) is 14.4 Å². The Morgan fingerprint density at radius 1 is 1.03 bits per heavy atom. The number of urea groups is 1. The molecule has 0 N–H and O–H groups in total. The zero-order valence-corrected chi connectivity index (χ0v) is 20.2. The Morgan fingerprint density at radius 3 is 2.44 bits per heavy atom. The van der Waals surface area contributed by atoms with Crippen LogP contribution >= 0.6 is 0 Å². The third kappa shape index (κ3) is 5.41. The average molecular weight is 470 g/mol. The molecule has 34 heavy (non-hydrogen) atoms. The lowest BCUT2D eigenvalue weighted by Gasteiger charge is -2.34. The number of ether oxygens (including phenoxy) is 1. The molecular formula is C25H35N5O4. The van der Waals surface area contributed by atoms with Crippen molar-refractivity contribution in [1.82, 2.24) is 14.8 Å². The molecular weight excluding hydrogens is 434 g/mol. The number of benzene rings is 1. The first-order valence-corrected chi connectivity index (χ1v) is 12.4. The van der Waals surface area contributed by atoms with Gasteiger partial charge < -0.3 is 14.5 Å². The van der Waals surface area contributed by atoms with Crippen LogP contribution in [0.4, 0.5) is 10.5 Å². The van der Waals surface area contributed by atoms with E-state index in [1.807, 2.05) is 31.3 Å². The molecule has 3 amide bonds. The molecule has 0 bridgehead atoms. The van der Waals surface area contributed by atoms with Gasteiger partial charge in [-0.2, -0.15) is 5.10 Å². The molecule has 1 aromatic rings. The summed E-state index contributed by atoms with van der Waals surface area (Å²) < 4.78 is 5.11. The first-order valence-electron chi connectivity index (χ1n) is 12.4. The summed E-state index contributed by atoms with van der Waals surface area (Å²) in [6, 6.07) is 7.17. The summed E-state index contributed by atoms with van der Waals surface area (Å²) in [6.45, 7) is 4.47. The van der Waals surface area contributed by atoms with Crippen molar-refractivity contribution >= 4 is 29.3 Å². The highest BCUT2D eigenvalue weighted by molar-refractivity contribution is 6.13. The van der Waals surface area contributed by atoms with Crippen LogP contribution in [0.25, 0.3) is 0 Å². The molecule has 1 saturated carbocycles. The number of nitrogens with zero attached hydrogens (tertiary/aromatic N) is 5. The SMILES string of the molecule is CCOC(=O)CN1N=C(C2CCCCC2)c2ccccc2N(CC(=O)N2CCN(C)CC2)C1=O. The quantitative estimate of drug-likeness (QED) is 0.598. The van der Waals surface area contributed by atoms with E-state index in [-0.39, 0.29) is 31.5 Å². The first kappa shape index (κ1) is 24.2. The van der Waals surface area contributed by atoms with E-state index in [2.05, 4.69) is 4.90 Å². The maximum absolute atomic E-state index is 13.7.